The maximum absolute atomic E-state index is 12.3. The highest BCUT2D eigenvalue weighted by Gasteiger charge is 2.42. The van der Waals surface area contributed by atoms with Crippen LogP contribution in [0.15, 0.2) is 96.2 Å². The average Bonchev–Trinajstić information content (AvgIpc) is 2.80. The van der Waals surface area contributed by atoms with Crippen molar-refractivity contribution in [2.75, 3.05) is 0 Å². The van der Waals surface area contributed by atoms with Crippen LogP contribution < -0.4 is 0 Å². The predicted molar refractivity (Wildman–Crippen MR) is 114 cm³/mol. The summed E-state index contributed by atoms with van der Waals surface area (Å²) in [4.78, 5) is 14.2. The van der Waals surface area contributed by atoms with Gasteiger partial charge >= 0.3 is 0 Å². The Labute approximate surface area is 171 Å². The molecule has 1 aliphatic heterocycles. The van der Waals surface area contributed by atoms with Crippen molar-refractivity contribution in [1.29, 1.82) is 0 Å². The lowest BCUT2D eigenvalue weighted by Crippen LogP contribution is -2.45. The zero-order valence-corrected chi connectivity index (χ0v) is 16.1. The van der Waals surface area contributed by atoms with Gasteiger partial charge < -0.3 is 10.1 Å². The summed E-state index contributed by atoms with van der Waals surface area (Å²) in [6.07, 6.45) is 2.16. The number of amides is 1. The zero-order valence-electron chi connectivity index (χ0n) is 16.1. The van der Waals surface area contributed by atoms with E-state index in [1.807, 2.05) is 83.8 Å². The lowest BCUT2D eigenvalue weighted by atomic mass is 9.76. The van der Waals surface area contributed by atoms with Crippen LogP contribution in [0.5, 0.6) is 0 Å². The van der Waals surface area contributed by atoms with Crippen molar-refractivity contribution in [2.24, 2.45) is 11.1 Å². The number of hydrogen-bond acceptors (Lipinski definition) is 3. The zero-order chi connectivity index (χ0) is 20.1. The first-order chi connectivity index (χ1) is 14.3. The van der Waals surface area contributed by atoms with Gasteiger partial charge in [-0.25, -0.2) is 0 Å². The fourth-order valence-electron chi connectivity index (χ4n) is 4.41. The van der Waals surface area contributed by atoms with Gasteiger partial charge in [0.15, 0.2) is 0 Å². The van der Waals surface area contributed by atoms with Gasteiger partial charge in [-0.2, -0.15) is 0 Å². The summed E-state index contributed by atoms with van der Waals surface area (Å²) in [5.41, 5.74) is 3.97. The van der Waals surface area contributed by atoms with Crippen LogP contribution in [0, 0.1) is 5.92 Å². The first-order valence-corrected chi connectivity index (χ1v) is 9.89. The number of carbonyl (C=O) groups excluding carboxylic acids is 1. The van der Waals surface area contributed by atoms with E-state index in [0.717, 1.165) is 28.8 Å². The van der Waals surface area contributed by atoms with Gasteiger partial charge in [0, 0.05) is 12.3 Å². The lowest BCUT2D eigenvalue weighted by Gasteiger charge is -2.45. The molecule has 4 rings (SSSR count). The minimum Gasteiger partial charge on any atom is -0.411 e. The molecule has 0 saturated carbocycles. The van der Waals surface area contributed by atoms with E-state index >= 15 is 0 Å². The van der Waals surface area contributed by atoms with E-state index < -0.39 is 0 Å². The second-order valence-corrected chi connectivity index (χ2v) is 7.43. The Morgan fingerprint density at radius 1 is 0.862 bits per heavy atom. The minimum absolute atomic E-state index is 0.102. The molecule has 3 aromatic carbocycles. The van der Waals surface area contributed by atoms with E-state index in [4.69, 9.17) is 0 Å². The molecule has 0 aliphatic carbocycles. The second kappa shape index (κ2) is 8.74. The van der Waals surface area contributed by atoms with Crippen molar-refractivity contribution in [3.63, 3.8) is 0 Å². The fraction of sp³-hybridized carbons (Fsp3) is 0.200. The molecule has 1 N–H and O–H groups in total. The number of carbonyl (C=O) groups is 1. The molecule has 3 aromatic rings. The quantitative estimate of drug-likeness (QED) is 0.381. The Kier molecular flexibility index (Phi) is 5.71. The van der Waals surface area contributed by atoms with Crippen LogP contribution in [0.2, 0.25) is 0 Å². The first-order valence-electron chi connectivity index (χ1n) is 9.89. The summed E-state index contributed by atoms with van der Waals surface area (Å²) in [7, 11) is 0. The normalized spacial score (nSPS) is 23.1. The van der Waals surface area contributed by atoms with Crippen LogP contribution in [0.3, 0.4) is 0 Å². The number of likely N-dealkylation sites (tertiary alicyclic amines) is 1. The third-order valence-corrected chi connectivity index (χ3v) is 5.77. The van der Waals surface area contributed by atoms with E-state index in [2.05, 4.69) is 17.3 Å². The lowest BCUT2D eigenvalue weighted by molar-refractivity contribution is -0.124. The topological polar surface area (TPSA) is 52.9 Å². The van der Waals surface area contributed by atoms with Gasteiger partial charge in [0.25, 0.3) is 0 Å². The van der Waals surface area contributed by atoms with Crippen LogP contribution in [0.25, 0.3) is 0 Å². The third-order valence-electron chi connectivity index (χ3n) is 5.77. The number of piperidine rings is 1. The maximum Gasteiger partial charge on any atom is 0.210 e. The Morgan fingerprint density at radius 3 is 1.97 bits per heavy atom. The molecule has 1 heterocycles. The molecule has 1 amide bonds. The summed E-state index contributed by atoms with van der Waals surface area (Å²) < 4.78 is 0. The number of oxime groups is 1. The summed E-state index contributed by atoms with van der Waals surface area (Å²) in [5.74, 6) is -0.102. The molecule has 0 spiro atoms. The Bertz CT molecular complexity index is 958. The van der Waals surface area contributed by atoms with Crippen LogP contribution in [-0.4, -0.2) is 22.2 Å². The van der Waals surface area contributed by atoms with E-state index in [-0.39, 0.29) is 18.0 Å². The molecule has 1 fully saturated rings. The van der Waals surface area contributed by atoms with Crippen molar-refractivity contribution in [1.82, 2.24) is 4.90 Å². The molecule has 29 heavy (non-hydrogen) atoms. The number of nitrogens with zero attached hydrogens (tertiary/aromatic N) is 2. The third kappa shape index (κ3) is 3.92. The molecule has 3 atom stereocenters. The second-order valence-electron chi connectivity index (χ2n) is 7.43. The standard InChI is InChI=1S/C25H24N2O2/c28-18-27-24(20-12-6-2-7-13-20)17-23(26-29)22(16-19-10-4-1-5-11-19)25(27)21-14-8-3-9-15-21/h1-15,18,22,24-25,29H,16-17H2/b26-23+. The Balaban J connectivity index is 1.80. The summed E-state index contributed by atoms with van der Waals surface area (Å²) in [6, 6.07) is 29.8. The smallest absolute Gasteiger partial charge is 0.210 e. The summed E-state index contributed by atoms with van der Waals surface area (Å²) in [6.45, 7) is 0. The van der Waals surface area contributed by atoms with Gasteiger partial charge in [-0.05, 0) is 23.1 Å². The van der Waals surface area contributed by atoms with Crippen LogP contribution in [0.1, 0.15) is 35.2 Å². The van der Waals surface area contributed by atoms with Gasteiger partial charge in [0.1, 0.15) is 0 Å². The van der Waals surface area contributed by atoms with Crippen LogP contribution in [0.4, 0.5) is 0 Å². The average molecular weight is 384 g/mol. The molecule has 4 heteroatoms. The molecule has 1 aliphatic rings. The van der Waals surface area contributed by atoms with Crippen molar-refractivity contribution in [3.8, 4) is 0 Å². The molecule has 0 bridgehead atoms. The Morgan fingerprint density at radius 2 is 1.41 bits per heavy atom. The fourth-order valence-corrected chi connectivity index (χ4v) is 4.41. The van der Waals surface area contributed by atoms with Crippen molar-refractivity contribution >= 4 is 12.1 Å². The molecule has 4 nitrogen and oxygen atoms in total. The highest BCUT2D eigenvalue weighted by atomic mass is 16.4. The van der Waals surface area contributed by atoms with Crippen molar-refractivity contribution < 1.29 is 10.0 Å². The Hall–Kier alpha value is -3.40. The SMILES string of the molecule is O=CN1C(c2ccccc2)C/C(=N\O)C(Cc2ccccc2)C1c1ccccc1. The number of hydrogen-bond donors (Lipinski definition) is 1. The molecule has 0 radical (unpaired) electrons. The van der Waals surface area contributed by atoms with E-state index in [1.54, 1.807) is 0 Å². The highest BCUT2D eigenvalue weighted by molar-refractivity contribution is 5.89. The van der Waals surface area contributed by atoms with Crippen LogP contribution >= 0.6 is 0 Å². The van der Waals surface area contributed by atoms with Gasteiger partial charge in [-0.15, -0.1) is 0 Å². The first kappa shape index (κ1) is 18.9. The molecular formula is C25H24N2O2. The summed E-state index contributed by atoms with van der Waals surface area (Å²) in [5, 5.41) is 13.6. The van der Waals surface area contributed by atoms with E-state index in [9.17, 15) is 10.0 Å². The van der Waals surface area contributed by atoms with Crippen molar-refractivity contribution in [3.05, 3.63) is 108 Å². The molecule has 146 valence electrons. The van der Waals surface area contributed by atoms with E-state index in [1.165, 1.54) is 0 Å². The largest absolute Gasteiger partial charge is 0.411 e. The minimum atomic E-state index is -0.209. The molecular weight excluding hydrogens is 360 g/mol. The van der Waals surface area contributed by atoms with Gasteiger partial charge in [-0.1, -0.05) is 96.2 Å². The predicted octanol–water partition coefficient (Wildman–Crippen LogP) is 5.02. The highest BCUT2D eigenvalue weighted by Crippen LogP contribution is 2.44. The van der Waals surface area contributed by atoms with Crippen LogP contribution in [-0.2, 0) is 11.2 Å². The van der Waals surface area contributed by atoms with Crippen molar-refractivity contribution in [2.45, 2.75) is 24.9 Å². The van der Waals surface area contributed by atoms with E-state index in [0.29, 0.717) is 12.8 Å². The van der Waals surface area contributed by atoms with Gasteiger partial charge in [0.2, 0.25) is 6.41 Å². The molecule has 3 unspecified atom stereocenters. The number of rotatable bonds is 5. The number of benzene rings is 3. The van der Waals surface area contributed by atoms with Gasteiger partial charge in [0.05, 0.1) is 17.8 Å². The molecule has 1 saturated heterocycles. The maximum atomic E-state index is 12.3. The summed E-state index contributed by atoms with van der Waals surface area (Å²) >= 11 is 0. The molecule has 0 aromatic heterocycles. The van der Waals surface area contributed by atoms with Gasteiger partial charge in [-0.3, -0.25) is 4.79 Å². The monoisotopic (exact) mass is 384 g/mol.